The van der Waals surface area contributed by atoms with Crippen molar-refractivity contribution in [3.05, 3.63) is 29.5 Å². The minimum Gasteiger partial charge on any atom is -0.355 e. The van der Waals surface area contributed by atoms with Crippen LogP contribution in [0.25, 0.3) is 10.9 Å². The molecule has 7 heteroatoms. The minimum atomic E-state index is -4.16. The maximum atomic E-state index is 12.9. The summed E-state index contributed by atoms with van der Waals surface area (Å²) in [6.07, 6.45) is -2.12. The van der Waals surface area contributed by atoms with Gasteiger partial charge < -0.3 is 4.90 Å². The van der Waals surface area contributed by atoms with Crippen molar-refractivity contribution in [2.24, 2.45) is 5.92 Å². The fourth-order valence-electron chi connectivity index (χ4n) is 2.70. The van der Waals surface area contributed by atoms with Gasteiger partial charge in [0.2, 0.25) is 0 Å². The Morgan fingerprint density at radius 3 is 2.81 bits per heavy atom. The summed E-state index contributed by atoms with van der Waals surface area (Å²) in [5, 5.41) is 1.27. The van der Waals surface area contributed by atoms with E-state index in [9.17, 15) is 13.2 Å². The fourth-order valence-corrected chi connectivity index (χ4v) is 2.87. The highest BCUT2D eigenvalue weighted by atomic mass is 35.5. The zero-order chi connectivity index (χ0) is 15.0. The van der Waals surface area contributed by atoms with E-state index in [-0.39, 0.29) is 13.0 Å². The molecule has 1 aliphatic heterocycles. The summed E-state index contributed by atoms with van der Waals surface area (Å²) in [6.45, 7) is 0.513. The highest BCUT2D eigenvalue weighted by Crippen LogP contribution is 2.35. The molecule has 2 heterocycles. The highest BCUT2D eigenvalue weighted by molar-refractivity contribution is 6.31. The molecular weight excluding hydrogens is 303 g/mol. The van der Waals surface area contributed by atoms with E-state index in [0.717, 1.165) is 5.39 Å². The Morgan fingerprint density at radius 2 is 2.05 bits per heavy atom. The monoisotopic (exact) mass is 315 g/mol. The van der Waals surface area contributed by atoms with E-state index in [1.54, 1.807) is 23.1 Å². The first kappa shape index (κ1) is 14.4. The molecule has 1 aliphatic rings. The number of anilines is 1. The van der Waals surface area contributed by atoms with E-state index in [4.69, 9.17) is 11.6 Å². The molecule has 0 radical (unpaired) electrons. The van der Waals surface area contributed by atoms with E-state index in [0.29, 0.717) is 29.3 Å². The fraction of sp³-hybridized carbons (Fsp3) is 0.429. The van der Waals surface area contributed by atoms with Crippen LogP contribution in [0.3, 0.4) is 0 Å². The van der Waals surface area contributed by atoms with Crippen LogP contribution in [-0.2, 0) is 0 Å². The molecule has 1 aromatic heterocycles. The van der Waals surface area contributed by atoms with Crippen LogP contribution in [0.1, 0.15) is 12.8 Å². The molecule has 0 amide bonds. The molecule has 1 atom stereocenters. The van der Waals surface area contributed by atoms with Crippen molar-refractivity contribution < 1.29 is 13.2 Å². The Hall–Kier alpha value is -1.56. The molecule has 1 fully saturated rings. The first-order chi connectivity index (χ1) is 9.95. The lowest BCUT2D eigenvalue weighted by Crippen LogP contribution is -2.42. The van der Waals surface area contributed by atoms with Crippen molar-refractivity contribution in [3.8, 4) is 0 Å². The lowest BCUT2D eigenvalue weighted by atomic mass is 9.97. The summed E-state index contributed by atoms with van der Waals surface area (Å²) in [6, 6.07) is 5.14. The zero-order valence-electron chi connectivity index (χ0n) is 11.1. The Balaban J connectivity index is 1.96. The Morgan fingerprint density at radius 1 is 1.24 bits per heavy atom. The van der Waals surface area contributed by atoms with Crippen LogP contribution in [0.2, 0.25) is 5.02 Å². The molecule has 0 N–H and O–H groups in total. The van der Waals surface area contributed by atoms with Gasteiger partial charge in [0, 0.05) is 23.5 Å². The molecule has 3 nitrogen and oxygen atoms in total. The standard InChI is InChI=1S/C14H13ClF3N3/c15-10-3-4-11-12(6-10)19-8-20-13(11)21-5-1-2-9(7-21)14(16,17)18/h3-4,6,8-9H,1-2,5,7H2. The number of benzene rings is 1. The first-order valence-corrected chi connectivity index (χ1v) is 7.05. The second-order valence-electron chi connectivity index (χ2n) is 5.19. The Labute approximate surface area is 124 Å². The third kappa shape index (κ3) is 2.90. The molecule has 112 valence electrons. The van der Waals surface area contributed by atoms with Gasteiger partial charge in [-0.05, 0) is 31.0 Å². The minimum absolute atomic E-state index is 0.0573. The van der Waals surface area contributed by atoms with E-state index >= 15 is 0 Å². The van der Waals surface area contributed by atoms with Crippen molar-refractivity contribution in [2.45, 2.75) is 19.0 Å². The van der Waals surface area contributed by atoms with Gasteiger partial charge in [0.25, 0.3) is 0 Å². The first-order valence-electron chi connectivity index (χ1n) is 6.67. The van der Waals surface area contributed by atoms with E-state index in [1.807, 2.05) is 0 Å². The van der Waals surface area contributed by atoms with Gasteiger partial charge in [-0.2, -0.15) is 13.2 Å². The van der Waals surface area contributed by atoms with Gasteiger partial charge >= 0.3 is 6.18 Å². The maximum Gasteiger partial charge on any atom is 0.393 e. The summed E-state index contributed by atoms with van der Waals surface area (Å²) in [7, 11) is 0. The van der Waals surface area contributed by atoms with Gasteiger partial charge in [0.05, 0.1) is 11.4 Å². The number of halogens is 4. The molecule has 21 heavy (non-hydrogen) atoms. The second kappa shape index (κ2) is 5.33. The molecule has 1 saturated heterocycles. The largest absolute Gasteiger partial charge is 0.393 e. The number of hydrogen-bond acceptors (Lipinski definition) is 3. The Bertz CT molecular complexity index is 659. The van der Waals surface area contributed by atoms with Crippen LogP contribution < -0.4 is 4.90 Å². The lowest BCUT2D eigenvalue weighted by molar-refractivity contribution is -0.176. The van der Waals surface area contributed by atoms with Crippen LogP contribution in [0.4, 0.5) is 19.0 Å². The predicted molar refractivity (Wildman–Crippen MR) is 75.5 cm³/mol. The van der Waals surface area contributed by atoms with Gasteiger partial charge in [0.1, 0.15) is 12.1 Å². The van der Waals surface area contributed by atoms with Crippen LogP contribution in [0.15, 0.2) is 24.5 Å². The maximum absolute atomic E-state index is 12.9. The van der Waals surface area contributed by atoms with E-state index in [2.05, 4.69) is 9.97 Å². The van der Waals surface area contributed by atoms with Crippen molar-refractivity contribution in [2.75, 3.05) is 18.0 Å². The quantitative estimate of drug-likeness (QED) is 0.794. The predicted octanol–water partition coefficient (Wildman–Crippen LogP) is 4.06. The number of aromatic nitrogens is 2. The van der Waals surface area contributed by atoms with Crippen molar-refractivity contribution in [3.63, 3.8) is 0 Å². The average molecular weight is 316 g/mol. The third-order valence-electron chi connectivity index (χ3n) is 3.76. The van der Waals surface area contributed by atoms with E-state index < -0.39 is 12.1 Å². The SMILES string of the molecule is FC(F)(F)C1CCCN(c2ncnc3cc(Cl)ccc23)C1. The van der Waals surface area contributed by atoms with Crippen LogP contribution >= 0.6 is 11.6 Å². The number of piperidine rings is 1. The summed E-state index contributed by atoms with van der Waals surface area (Å²) in [4.78, 5) is 10.00. The average Bonchev–Trinajstić information content (AvgIpc) is 2.45. The summed E-state index contributed by atoms with van der Waals surface area (Å²) in [5.41, 5.74) is 0.640. The summed E-state index contributed by atoms with van der Waals surface area (Å²) < 4.78 is 38.8. The molecular formula is C14H13ClF3N3. The van der Waals surface area contributed by atoms with Crippen molar-refractivity contribution >= 4 is 28.3 Å². The van der Waals surface area contributed by atoms with Crippen LogP contribution in [0, 0.1) is 5.92 Å². The van der Waals surface area contributed by atoms with Gasteiger partial charge in [-0.25, -0.2) is 9.97 Å². The molecule has 2 aromatic rings. The molecule has 1 aromatic carbocycles. The molecule has 0 aliphatic carbocycles. The number of nitrogens with zero attached hydrogens (tertiary/aromatic N) is 3. The number of fused-ring (bicyclic) bond motifs is 1. The molecule has 0 spiro atoms. The van der Waals surface area contributed by atoms with Gasteiger partial charge in [-0.1, -0.05) is 11.6 Å². The molecule has 0 saturated carbocycles. The van der Waals surface area contributed by atoms with Gasteiger partial charge in [-0.15, -0.1) is 0 Å². The topological polar surface area (TPSA) is 29.0 Å². The molecule has 3 rings (SSSR count). The summed E-state index contributed by atoms with van der Waals surface area (Å²) >= 11 is 5.92. The number of hydrogen-bond donors (Lipinski definition) is 0. The Kier molecular flexibility index (Phi) is 3.65. The van der Waals surface area contributed by atoms with Gasteiger partial charge in [-0.3, -0.25) is 0 Å². The number of rotatable bonds is 1. The van der Waals surface area contributed by atoms with Gasteiger partial charge in [0.15, 0.2) is 0 Å². The van der Waals surface area contributed by atoms with Crippen LogP contribution in [-0.4, -0.2) is 29.2 Å². The highest BCUT2D eigenvalue weighted by Gasteiger charge is 2.42. The lowest BCUT2D eigenvalue weighted by Gasteiger charge is -2.34. The second-order valence-corrected chi connectivity index (χ2v) is 5.62. The van der Waals surface area contributed by atoms with E-state index in [1.165, 1.54) is 6.33 Å². The van der Waals surface area contributed by atoms with Crippen LogP contribution in [0.5, 0.6) is 0 Å². The third-order valence-corrected chi connectivity index (χ3v) is 4.00. The summed E-state index contributed by atoms with van der Waals surface area (Å²) in [5.74, 6) is -0.755. The van der Waals surface area contributed by atoms with Crippen molar-refractivity contribution in [1.29, 1.82) is 0 Å². The number of alkyl halides is 3. The normalized spacial score (nSPS) is 20.0. The molecule has 1 unspecified atom stereocenters. The van der Waals surface area contributed by atoms with Crippen molar-refractivity contribution in [1.82, 2.24) is 9.97 Å². The molecule has 0 bridgehead atoms. The zero-order valence-corrected chi connectivity index (χ0v) is 11.8. The smallest absolute Gasteiger partial charge is 0.355 e.